The predicted molar refractivity (Wildman–Crippen MR) is 107 cm³/mol. The lowest BCUT2D eigenvalue weighted by atomic mass is 10.1. The van der Waals surface area contributed by atoms with E-state index in [2.05, 4.69) is 0 Å². The number of methoxy groups -OCH3 is 2. The van der Waals surface area contributed by atoms with E-state index < -0.39 is 29.5 Å². The van der Waals surface area contributed by atoms with E-state index in [4.69, 9.17) is 18.9 Å². The Morgan fingerprint density at radius 3 is 1.97 bits per heavy atom. The fourth-order valence-corrected chi connectivity index (χ4v) is 4.02. The fourth-order valence-electron chi connectivity index (χ4n) is 2.82. The van der Waals surface area contributed by atoms with Crippen LogP contribution in [-0.4, -0.2) is 56.0 Å². The molecule has 0 amide bonds. The number of rotatable bonds is 7. The summed E-state index contributed by atoms with van der Waals surface area (Å²) in [4.78, 5) is 24.6. The highest BCUT2D eigenvalue weighted by Gasteiger charge is 2.41. The molecule has 0 spiro atoms. The van der Waals surface area contributed by atoms with E-state index in [0.717, 1.165) is 0 Å². The first kappa shape index (κ1) is 21.0. The second-order valence-electron chi connectivity index (χ2n) is 6.31. The van der Waals surface area contributed by atoms with Gasteiger partial charge in [-0.1, -0.05) is 0 Å². The lowest BCUT2D eigenvalue weighted by Gasteiger charge is -2.20. The molecule has 1 heterocycles. The molecule has 154 valence electrons. The topological polar surface area (TPSA) is 71.1 Å². The van der Waals surface area contributed by atoms with E-state index in [1.54, 1.807) is 48.5 Å². The molecule has 0 aliphatic carbocycles. The third-order valence-electron chi connectivity index (χ3n) is 4.47. The van der Waals surface area contributed by atoms with E-state index >= 15 is 0 Å². The van der Waals surface area contributed by atoms with Crippen LogP contribution in [0.2, 0.25) is 0 Å². The molecular weight excluding hydrogens is 399 g/mol. The van der Waals surface area contributed by atoms with Gasteiger partial charge in [-0.25, -0.2) is 14.0 Å². The Kier molecular flexibility index (Phi) is 6.98. The van der Waals surface area contributed by atoms with Crippen LogP contribution in [0.5, 0.6) is 11.5 Å². The first-order valence-electron chi connectivity index (χ1n) is 8.93. The lowest BCUT2D eigenvalue weighted by molar-refractivity contribution is 0.00476. The normalized spacial score (nSPS) is 20.7. The number of hydrogen-bond donors (Lipinski definition) is 0. The van der Waals surface area contributed by atoms with Gasteiger partial charge in [0.05, 0.1) is 30.6 Å². The molecule has 2 aromatic rings. The summed E-state index contributed by atoms with van der Waals surface area (Å²) in [6.45, 7) is -0.0590. The van der Waals surface area contributed by atoms with Crippen LogP contribution in [-0.2, 0) is 9.47 Å². The Labute approximate surface area is 172 Å². The molecule has 1 fully saturated rings. The van der Waals surface area contributed by atoms with Gasteiger partial charge in [0, 0.05) is 5.75 Å². The van der Waals surface area contributed by atoms with Gasteiger partial charge in [-0.2, -0.15) is 0 Å². The summed E-state index contributed by atoms with van der Waals surface area (Å²) in [5.74, 6) is 0.235. The minimum absolute atomic E-state index is 0.0590. The van der Waals surface area contributed by atoms with Gasteiger partial charge in [0.15, 0.2) is 0 Å². The first-order valence-corrected chi connectivity index (χ1v) is 9.98. The van der Waals surface area contributed by atoms with Gasteiger partial charge >= 0.3 is 11.9 Å². The average Bonchev–Trinajstić information content (AvgIpc) is 3.11. The minimum Gasteiger partial charge on any atom is -0.497 e. The minimum atomic E-state index is -1.33. The van der Waals surface area contributed by atoms with Crippen molar-refractivity contribution < 1.29 is 32.9 Å². The van der Waals surface area contributed by atoms with Crippen LogP contribution in [0.4, 0.5) is 4.39 Å². The summed E-state index contributed by atoms with van der Waals surface area (Å²) in [7, 11) is 3.06. The third kappa shape index (κ3) is 5.20. The molecule has 6 nitrogen and oxygen atoms in total. The van der Waals surface area contributed by atoms with Crippen LogP contribution >= 0.6 is 11.8 Å². The van der Waals surface area contributed by atoms with Crippen molar-refractivity contribution in [2.75, 3.05) is 26.6 Å². The highest BCUT2D eigenvalue weighted by molar-refractivity contribution is 8.00. The number of benzene rings is 2. The van der Waals surface area contributed by atoms with Crippen molar-refractivity contribution in [1.29, 1.82) is 0 Å². The molecule has 0 radical (unpaired) electrons. The van der Waals surface area contributed by atoms with Crippen molar-refractivity contribution in [2.24, 2.45) is 0 Å². The van der Waals surface area contributed by atoms with E-state index in [1.807, 2.05) is 0 Å². The Hall–Kier alpha value is -2.74. The smallest absolute Gasteiger partial charge is 0.338 e. The summed E-state index contributed by atoms with van der Waals surface area (Å²) in [5.41, 5.74) is 0.654. The van der Waals surface area contributed by atoms with Gasteiger partial charge in [-0.3, -0.25) is 0 Å². The lowest BCUT2D eigenvalue weighted by Crippen LogP contribution is -2.35. The number of carbonyl (C=O) groups excluding carboxylic acids is 2. The Morgan fingerprint density at radius 2 is 1.45 bits per heavy atom. The van der Waals surface area contributed by atoms with Gasteiger partial charge in [0.2, 0.25) is 0 Å². The van der Waals surface area contributed by atoms with E-state index in [0.29, 0.717) is 22.6 Å². The summed E-state index contributed by atoms with van der Waals surface area (Å²) in [6, 6.07) is 12.8. The van der Waals surface area contributed by atoms with Gasteiger partial charge in [0.1, 0.15) is 30.4 Å². The van der Waals surface area contributed by atoms with Gasteiger partial charge < -0.3 is 18.9 Å². The molecule has 1 aliphatic heterocycles. The molecule has 3 rings (SSSR count). The van der Waals surface area contributed by atoms with Crippen LogP contribution in [0.25, 0.3) is 0 Å². The number of halogens is 1. The number of thioether (sulfide) groups is 1. The summed E-state index contributed by atoms with van der Waals surface area (Å²) in [5, 5.41) is -0.477. The Balaban J connectivity index is 1.58. The fraction of sp³-hybridized carbons (Fsp3) is 0.333. The molecule has 8 heteroatoms. The number of hydrogen-bond acceptors (Lipinski definition) is 7. The average molecular weight is 420 g/mol. The maximum absolute atomic E-state index is 14.3. The monoisotopic (exact) mass is 420 g/mol. The zero-order chi connectivity index (χ0) is 20.8. The van der Waals surface area contributed by atoms with E-state index in [1.165, 1.54) is 26.0 Å². The molecule has 0 aromatic heterocycles. The zero-order valence-corrected chi connectivity index (χ0v) is 16.8. The standard InChI is InChI=1S/C21H21FO6S/c1-25-15-7-3-13(4-8-15)20(23)27-11-18-19(17(22)12-29-18)28-21(24)14-5-9-16(26-2)10-6-14/h3-10,17-19H,11-12H2,1-2H3/t17-,18-,19+/m1/s1. The van der Waals surface area contributed by atoms with Crippen molar-refractivity contribution in [1.82, 2.24) is 0 Å². The Morgan fingerprint density at radius 1 is 0.931 bits per heavy atom. The molecule has 0 unspecified atom stereocenters. The highest BCUT2D eigenvalue weighted by atomic mass is 32.2. The third-order valence-corrected chi connectivity index (χ3v) is 5.81. The second-order valence-corrected chi connectivity index (χ2v) is 7.59. The van der Waals surface area contributed by atoms with Gasteiger partial charge in [-0.15, -0.1) is 11.8 Å². The molecule has 1 aliphatic rings. The number of alkyl halides is 1. The molecule has 0 bridgehead atoms. The molecular formula is C21H21FO6S. The van der Waals surface area contributed by atoms with Crippen LogP contribution in [0.1, 0.15) is 20.7 Å². The summed E-state index contributed by atoms with van der Waals surface area (Å²) in [6.07, 6.45) is -2.31. The van der Waals surface area contributed by atoms with Crippen LogP contribution in [0, 0.1) is 0 Å². The number of esters is 2. The van der Waals surface area contributed by atoms with Crippen molar-refractivity contribution in [3.63, 3.8) is 0 Å². The van der Waals surface area contributed by atoms with Gasteiger partial charge in [-0.05, 0) is 48.5 Å². The number of ether oxygens (including phenoxy) is 4. The molecule has 3 atom stereocenters. The Bertz CT molecular complexity index is 839. The highest BCUT2D eigenvalue weighted by Crippen LogP contribution is 2.33. The quantitative estimate of drug-likeness (QED) is 0.635. The number of carbonyl (C=O) groups is 2. The molecule has 0 saturated carbocycles. The van der Waals surface area contributed by atoms with E-state index in [9.17, 15) is 14.0 Å². The van der Waals surface area contributed by atoms with Crippen LogP contribution < -0.4 is 9.47 Å². The first-order chi connectivity index (χ1) is 14.0. The van der Waals surface area contributed by atoms with Crippen molar-refractivity contribution >= 4 is 23.7 Å². The molecule has 1 saturated heterocycles. The van der Waals surface area contributed by atoms with Crippen molar-refractivity contribution in [2.45, 2.75) is 17.5 Å². The largest absolute Gasteiger partial charge is 0.497 e. The van der Waals surface area contributed by atoms with Crippen LogP contribution in [0.3, 0.4) is 0 Å². The summed E-state index contributed by atoms with van der Waals surface area (Å²) < 4.78 is 35.1. The van der Waals surface area contributed by atoms with Crippen molar-refractivity contribution in [3.8, 4) is 11.5 Å². The maximum Gasteiger partial charge on any atom is 0.338 e. The van der Waals surface area contributed by atoms with E-state index in [-0.39, 0.29) is 12.4 Å². The SMILES string of the molecule is COc1ccc(C(=O)OC[C@H]2SC[C@@H](F)[C@@H]2OC(=O)c2ccc(OC)cc2)cc1. The zero-order valence-electron chi connectivity index (χ0n) is 16.0. The second kappa shape index (κ2) is 9.65. The predicted octanol–water partition coefficient (Wildman–Crippen LogP) is 3.54. The maximum atomic E-state index is 14.3. The summed E-state index contributed by atoms with van der Waals surface area (Å²) >= 11 is 1.28. The van der Waals surface area contributed by atoms with Crippen molar-refractivity contribution in [3.05, 3.63) is 59.7 Å². The molecule has 2 aromatic carbocycles. The van der Waals surface area contributed by atoms with Gasteiger partial charge in [0.25, 0.3) is 0 Å². The molecule has 29 heavy (non-hydrogen) atoms. The van der Waals surface area contributed by atoms with Crippen LogP contribution in [0.15, 0.2) is 48.5 Å². The molecule has 0 N–H and O–H groups in total.